The van der Waals surface area contributed by atoms with Crippen molar-refractivity contribution in [3.8, 4) is 0 Å². The smallest absolute Gasteiger partial charge is 0.178 e. The number of halogens is 7. The van der Waals surface area contributed by atoms with Crippen molar-refractivity contribution in [1.29, 1.82) is 0 Å². The summed E-state index contributed by atoms with van der Waals surface area (Å²) in [6.07, 6.45) is 1.57. The predicted octanol–water partition coefficient (Wildman–Crippen LogP) is -16.1. The van der Waals surface area contributed by atoms with Crippen molar-refractivity contribution in [3.05, 3.63) is 12.7 Å². The summed E-state index contributed by atoms with van der Waals surface area (Å²) < 4.78 is 0. The predicted molar refractivity (Wildman–Crippen MR) is 52.7 cm³/mol. The number of hydrogen-bond donors (Lipinski definition) is 6. The Bertz CT molecular complexity index is 51.1. The Morgan fingerprint density at radius 2 is 0.812 bits per heavy atom. The Hall–Kier alpha value is 1.53. The summed E-state index contributed by atoms with van der Waals surface area (Å²) in [7, 11) is 0. The molecule has 0 aromatic carbocycles. The SMILES string of the molecule is C=CC([NH3+])Cl.[Cl-].[Cl-].[Cl-].[Cl-].[Cl-].[Cl-].[NH4+].[NH4+].[NH4+].[NH4+].[NH4+]. The van der Waals surface area contributed by atoms with Crippen LogP contribution < -0.4 is 111 Å². The molecule has 0 saturated heterocycles. The van der Waals surface area contributed by atoms with Gasteiger partial charge < -0.3 is 111 Å². The molecular weight excluding hydrogens is 368 g/mol. The summed E-state index contributed by atoms with van der Waals surface area (Å²) in [4.78, 5) is 0. The molecule has 0 radical (unpaired) electrons. The summed E-state index contributed by atoms with van der Waals surface area (Å²) in [6, 6.07) is 0. The van der Waals surface area contributed by atoms with E-state index in [9.17, 15) is 0 Å². The molecule has 0 bridgehead atoms. The molecule has 0 spiro atoms. The molecule has 1 unspecified atom stereocenters. The molecule has 0 aromatic rings. The fourth-order valence-electron chi connectivity index (χ4n) is 0. The molecule has 0 aliphatic heterocycles. The van der Waals surface area contributed by atoms with Gasteiger partial charge in [0.2, 0.25) is 0 Å². The third-order valence-corrected chi connectivity index (χ3v) is 0.434. The summed E-state index contributed by atoms with van der Waals surface area (Å²) in [5.41, 5.74) is 3.27. The Labute approximate surface area is 140 Å². The highest BCUT2D eigenvalue weighted by molar-refractivity contribution is 6.20. The molecule has 0 heterocycles. The molecule has 0 rings (SSSR count). The molecule has 0 aliphatic carbocycles. The molecule has 0 aromatic heterocycles. The molecule has 6 nitrogen and oxygen atoms in total. The van der Waals surface area contributed by atoms with E-state index in [0.29, 0.717) is 0 Å². The van der Waals surface area contributed by atoms with Crippen LogP contribution in [0.5, 0.6) is 0 Å². The first-order valence-electron chi connectivity index (χ1n) is 1.37. The standard InChI is InChI=1S/C3H6ClN.6ClH.5H3N/c1-2-3(4)5;;;;;;;;;;;/h2-3H,1,5H2;6*1H;5*1H3. The monoisotopic (exact) mass is 392 g/mol. The molecule has 13 heteroatoms. The summed E-state index contributed by atoms with van der Waals surface area (Å²) >= 11 is 5.23. The first kappa shape index (κ1) is 157. The zero-order valence-corrected chi connectivity index (χ0v) is 15.5. The summed E-state index contributed by atoms with van der Waals surface area (Å²) in [5, 5.41) is 0. The van der Waals surface area contributed by atoms with Gasteiger partial charge in [-0.2, -0.15) is 0 Å². The van der Waals surface area contributed by atoms with Crippen molar-refractivity contribution in [1.82, 2.24) is 30.8 Å². The van der Waals surface area contributed by atoms with Crippen molar-refractivity contribution < 1.29 is 80.2 Å². The van der Waals surface area contributed by atoms with Gasteiger partial charge in [0.1, 0.15) is 0 Å². The van der Waals surface area contributed by atoms with Gasteiger partial charge in [-0.15, -0.1) is 0 Å². The molecule has 0 amide bonds. The average molecular weight is 395 g/mol. The highest BCUT2D eigenvalue weighted by atomic mass is 35.5. The lowest BCUT2D eigenvalue weighted by atomic mass is 10.7. The van der Waals surface area contributed by atoms with Crippen LogP contribution in [-0.2, 0) is 0 Å². The Morgan fingerprint density at radius 3 is 0.812 bits per heavy atom. The lowest BCUT2D eigenvalue weighted by Gasteiger charge is -1.78. The zero-order valence-electron chi connectivity index (χ0n) is 10.2. The minimum absolute atomic E-state index is 0. The number of quaternary nitrogens is 6. The molecule has 16 heavy (non-hydrogen) atoms. The lowest BCUT2D eigenvalue weighted by Crippen LogP contribution is -3.00. The molecule has 118 valence electrons. The maximum absolute atomic E-state index is 5.23. The van der Waals surface area contributed by atoms with Crippen LogP contribution in [0.3, 0.4) is 0 Å². The molecule has 1 atom stereocenters. The van der Waals surface area contributed by atoms with Crippen molar-refractivity contribution in [2.45, 2.75) is 5.50 Å². The Kier molecular flexibility index (Phi) is 1280. The molecular formula is C3H27Cl7N6. The van der Waals surface area contributed by atoms with Crippen LogP contribution in [0.25, 0.3) is 0 Å². The largest absolute Gasteiger partial charge is 1.00 e. The van der Waals surface area contributed by atoms with E-state index in [4.69, 9.17) is 11.6 Å². The third kappa shape index (κ3) is 263. The van der Waals surface area contributed by atoms with Gasteiger partial charge in [0, 0.05) is 0 Å². The first-order valence-corrected chi connectivity index (χ1v) is 1.80. The normalized spacial score (nSPS) is 4.38. The molecule has 0 aliphatic rings. The lowest BCUT2D eigenvalue weighted by molar-refractivity contribution is -0.373. The second-order valence-corrected chi connectivity index (χ2v) is 1.31. The van der Waals surface area contributed by atoms with Crippen LogP contribution in [-0.4, -0.2) is 5.50 Å². The average Bonchev–Trinajstić information content (AvgIpc) is 1.38. The van der Waals surface area contributed by atoms with Gasteiger partial charge >= 0.3 is 0 Å². The minimum Gasteiger partial charge on any atom is -1.00 e. The van der Waals surface area contributed by atoms with E-state index in [1.807, 2.05) is 0 Å². The molecule has 0 fully saturated rings. The van der Waals surface area contributed by atoms with Gasteiger partial charge in [-0.05, 0) is 6.08 Å². The topological polar surface area (TPSA) is 210 Å². The maximum atomic E-state index is 5.23. The van der Waals surface area contributed by atoms with E-state index in [1.165, 1.54) is 0 Å². The second kappa shape index (κ2) is 130. The van der Waals surface area contributed by atoms with E-state index >= 15 is 0 Å². The maximum Gasteiger partial charge on any atom is 0.178 e. The van der Waals surface area contributed by atoms with Gasteiger partial charge in [-0.25, -0.2) is 0 Å². The van der Waals surface area contributed by atoms with Crippen LogP contribution >= 0.6 is 11.6 Å². The van der Waals surface area contributed by atoms with Crippen molar-refractivity contribution in [3.63, 3.8) is 0 Å². The molecule has 0 saturated carbocycles. The van der Waals surface area contributed by atoms with Crippen molar-refractivity contribution in [2.24, 2.45) is 0 Å². The van der Waals surface area contributed by atoms with Gasteiger partial charge in [-0.3, -0.25) is 0 Å². The van der Waals surface area contributed by atoms with Gasteiger partial charge in [0.05, 0.1) is 0 Å². The number of alkyl halides is 1. The number of hydrogen-bond acceptors (Lipinski definition) is 0. The van der Waals surface area contributed by atoms with Crippen LogP contribution in [0.15, 0.2) is 12.7 Å². The summed E-state index contributed by atoms with van der Waals surface area (Å²) in [5.74, 6) is 0. The van der Waals surface area contributed by atoms with Crippen molar-refractivity contribution >= 4 is 11.6 Å². The molecule has 23 N–H and O–H groups in total. The zero-order chi connectivity index (χ0) is 4.28. The van der Waals surface area contributed by atoms with E-state index in [2.05, 4.69) is 12.3 Å². The fraction of sp³-hybridized carbons (Fsp3) is 0.333. The van der Waals surface area contributed by atoms with E-state index in [0.717, 1.165) is 0 Å². The Balaban J connectivity index is -0.00000000145. The number of rotatable bonds is 1. The minimum atomic E-state index is -0.130. The van der Waals surface area contributed by atoms with E-state index in [-0.39, 0.29) is 111 Å². The van der Waals surface area contributed by atoms with Gasteiger partial charge in [-0.1, -0.05) is 18.2 Å². The van der Waals surface area contributed by atoms with E-state index < -0.39 is 0 Å². The second-order valence-electron chi connectivity index (χ2n) is 0.752. The van der Waals surface area contributed by atoms with Crippen LogP contribution in [0.4, 0.5) is 0 Å². The fourth-order valence-corrected chi connectivity index (χ4v) is 0. The summed E-state index contributed by atoms with van der Waals surface area (Å²) in [6.45, 7) is 3.37. The van der Waals surface area contributed by atoms with Crippen molar-refractivity contribution in [2.75, 3.05) is 0 Å². The first-order chi connectivity index (χ1) is 2.27. The van der Waals surface area contributed by atoms with E-state index in [1.54, 1.807) is 6.08 Å². The Morgan fingerprint density at radius 1 is 0.750 bits per heavy atom. The van der Waals surface area contributed by atoms with Crippen LogP contribution in [0.1, 0.15) is 0 Å². The third-order valence-electron chi connectivity index (χ3n) is 0.256. The highest BCUT2D eigenvalue weighted by Gasteiger charge is 1.82. The quantitative estimate of drug-likeness (QED) is 0.139. The highest BCUT2D eigenvalue weighted by Crippen LogP contribution is 1.77. The van der Waals surface area contributed by atoms with Gasteiger partial charge in [0.15, 0.2) is 5.50 Å². The van der Waals surface area contributed by atoms with Crippen LogP contribution in [0.2, 0.25) is 0 Å². The van der Waals surface area contributed by atoms with Gasteiger partial charge in [0.25, 0.3) is 0 Å². The van der Waals surface area contributed by atoms with Crippen LogP contribution in [0, 0.1) is 0 Å².